The maximum atomic E-state index is 12.4. The van der Waals surface area contributed by atoms with Crippen molar-refractivity contribution in [2.24, 2.45) is 5.10 Å². The molecule has 12 heteroatoms. The molecule has 0 saturated heterocycles. The topological polar surface area (TPSA) is 88.1 Å². The van der Waals surface area contributed by atoms with E-state index in [1.165, 1.54) is 26.2 Å². The van der Waals surface area contributed by atoms with Gasteiger partial charge in [-0.2, -0.15) is 26.7 Å². The van der Waals surface area contributed by atoms with E-state index in [0.717, 1.165) is 17.1 Å². The predicted octanol–water partition coefficient (Wildman–Crippen LogP) is 3.59. The van der Waals surface area contributed by atoms with E-state index in [1.807, 2.05) is 0 Å². The lowest BCUT2D eigenvalue weighted by Gasteiger charge is -2.15. The van der Waals surface area contributed by atoms with Crippen molar-refractivity contribution < 1.29 is 30.6 Å². The van der Waals surface area contributed by atoms with E-state index in [4.69, 9.17) is 11.6 Å². The fourth-order valence-electron chi connectivity index (χ4n) is 2.09. The van der Waals surface area contributed by atoms with Crippen molar-refractivity contribution in [1.82, 2.24) is 10.3 Å². The summed E-state index contributed by atoms with van der Waals surface area (Å²) in [6.45, 7) is 0. The summed E-state index contributed by atoms with van der Waals surface area (Å²) in [5.74, 6) is -0.527. The van der Waals surface area contributed by atoms with Gasteiger partial charge >= 0.3 is 21.7 Å². The van der Waals surface area contributed by atoms with E-state index >= 15 is 0 Å². The second-order valence-electron chi connectivity index (χ2n) is 5.54. The Morgan fingerprint density at radius 1 is 1.07 bits per heavy atom. The first-order valence-corrected chi connectivity index (χ1v) is 9.64. The highest BCUT2D eigenvalue weighted by molar-refractivity contribution is 7.88. The number of hydrogen-bond donors (Lipinski definition) is 1. The standard InChI is InChI=1S/C17H15ClF3N3O4S/c1-22-16(25)24(2)23-15(11-3-7-13(18)8-4-11)12-5-9-14(10-6-12)28-29(26,27)17(19,20)21/h3-10H,1-2H3,(H,22,25). The smallest absolute Gasteiger partial charge is 0.376 e. The summed E-state index contributed by atoms with van der Waals surface area (Å²) < 4.78 is 63.6. The van der Waals surface area contributed by atoms with Crippen LogP contribution < -0.4 is 9.50 Å². The van der Waals surface area contributed by atoms with Crippen molar-refractivity contribution in [1.29, 1.82) is 0 Å². The van der Waals surface area contributed by atoms with Crippen molar-refractivity contribution in [2.45, 2.75) is 5.51 Å². The largest absolute Gasteiger partial charge is 0.534 e. The third-order valence-corrected chi connectivity index (χ3v) is 4.72. The highest BCUT2D eigenvalue weighted by Crippen LogP contribution is 2.27. The number of benzene rings is 2. The lowest BCUT2D eigenvalue weighted by molar-refractivity contribution is -0.0500. The quantitative estimate of drug-likeness (QED) is 0.327. The van der Waals surface area contributed by atoms with Gasteiger partial charge in [0, 0.05) is 30.2 Å². The van der Waals surface area contributed by atoms with E-state index in [1.54, 1.807) is 24.3 Å². The summed E-state index contributed by atoms with van der Waals surface area (Å²) >= 11 is 5.88. The van der Waals surface area contributed by atoms with Gasteiger partial charge in [0.2, 0.25) is 0 Å². The van der Waals surface area contributed by atoms with Crippen LogP contribution in [0.25, 0.3) is 0 Å². The molecule has 0 aliphatic heterocycles. The predicted molar refractivity (Wildman–Crippen MR) is 101 cm³/mol. The molecule has 0 radical (unpaired) electrons. The number of carbonyl (C=O) groups excluding carboxylic acids is 1. The average molecular weight is 450 g/mol. The first-order chi connectivity index (χ1) is 13.4. The minimum atomic E-state index is -5.78. The lowest BCUT2D eigenvalue weighted by Crippen LogP contribution is -2.32. The highest BCUT2D eigenvalue weighted by atomic mass is 35.5. The van der Waals surface area contributed by atoms with E-state index in [9.17, 15) is 26.4 Å². The van der Waals surface area contributed by atoms with Crippen LogP contribution in [0.2, 0.25) is 5.02 Å². The first-order valence-electron chi connectivity index (χ1n) is 7.86. The Balaban J connectivity index is 2.43. The average Bonchev–Trinajstić information content (AvgIpc) is 2.65. The molecule has 0 aromatic heterocycles. The van der Waals surface area contributed by atoms with Gasteiger partial charge in [0.05, 0.1) is 5.71 Å². The summed E-state index contributed by atoms with van der Waals surface area (Å²) in [7, 11) is -2.96. The molecule has 0 spiro atoms. The number of halogens is 4. The number of hydrogen-bond acceptors (Lipinski definition) is 5. The van der Waals surface area contributed by atoms with Gasteiger partial charge < -0.3 is 9.50 Å². The Morgan fingerprint density at radius 3 is 2.00 bits per heavy atom. The van der Waals surface area contributed by atoms with Gasteiger partial charge in [0.25, 0.3) is 0 Å². The molecule has 2 aromatic carbocycles. The van der Waals surface area contributed by atoms with Crippen LogP contribution in [0.3, 0.4) is 0 Å². The Morgan fingerprint density at radius 2 is 1.55 bits per heavy atom. The molecule has 0 aliphatic rings. The molecule has 1 N–H and O–H groups in total. The number of carbonyl (C=O) groups is 1. The molecule has 2 aromatic rings. The Bertz CT molecular complexity index is 1010. The van der Waals surface area contributed by atoms with Gasteiger partial charge in [0.15, 0.2) is 0 Å². The molecule has 156 valence electrons. The maximum Gasteiger partial charge on any atom is 0.534 e. The van der Waals surface area contributed by atoms with Crippen molar-refractivity contribution in [3.63, 3.8) is 0 Å². The molecule has 0 unspecified atom stereocenters. The third kappa shape index (κ3) is 5.61. The van der Waals surface area contributed by atoms with Crippen molar-refractivity contribution >= 4 is 33.5 Å². The number of nitrogens with one attached hydrogen (secondary N) is 1. The van der Waals surface area contributed by atoms with Gasteiger partial charge in [-0.3, -0.25) is 0 Å². The molecule has 2 rings (SSSR count). The number of nitrogens with zero attached hydrogens (tertiary/aromatic N) is 2. The van der Waals surface area contributed by atoms with Gasteiger partial charge in [-0.05, 0) is 36.4 Å². The monoisotopic (exact) mass is 449 g/mol. The van der Waals surface area contributed by atoms with Crippen LogP contribution in [0.5, 0.6) is 5.75 Å². The summed E-state index contributed by atoms with van der Waals surface area (Å²) in [6.07, 6.45) is 0. The van der Waals surface area contributed by atoms with E-state index in [2.05, 4.69) is 14.6 Å². The molecule has 0 atom stereocenters. The van der Waals surface area contributed by atoms with Gasteiger partial charge in [-0.15, -0.1) is 0 Å². The number of amides is 2. The summed E-state index contributed by atoms with van der Waals surface area (Å²) in [6, 6.07) is 10.7. The number of hydrazone groups is 1. The molecule has 7 nitrogen and oxygen atoms in total. The van der Waals surface area contributed by atoms with Crippen LogP contribution in [-0.4, -0.2) is 44.8 Å². The van der Waals surface area contributed by atoms with Crippen LogP contribution in [0.1, 0.15) is 11.1 Å². The minimum absolute atomic E-state index is 0.290. The van der Waals surface area contributed by atoms with E-state index in [0.29, 0.717) is 16.1 Å². The van der Waals surface area contributed by atoms with Gasteiger partial charge in [0.1, 0.15) is 5.75 Å². The molecule has 0 saturated carbocycles. The normalized spacial score (nSPS) is 12.4. The van der Waals surface area contributed by atoms with Crippen LogP contribution in [0, 0.1) is 0 Å². The third-order valence-electron chi connectivity index (χ3n) is 3.49. The van der Waals surface area contributed by atoms with E-state index < -0.39 is 27.4 Å². The Hall–Kier alpha value is -2.79. The van der Waals surface area contributed by atoms with Crippen molar-refractivity contribution in [2.75, 3.05) is 14.1 Å². The van der Waals surface area contributed by atoms with Crippen LogP contribution in [-0.2, 0) is 10.1 Å². The molecule has 0 fully saturated rings. The molecule has 0 heterocycles. The van der Waals surface area contributed by atoms with Crippen molar-refractivity contribution in [3.05, 3.63) is 64.7 Å². The molecule has 2 amide bonds. The molecular formula is C17H15ClF3N3O4S. The van der Waals surface area contributed by atoms with Crippen molar-refractivity contribution in [3.8, 4) is 5.75 Å². The Kier molecular flexibility index (Phi) is 6.75. The number of alkyl halides is 3. The van der Waals surface area contributed by atoms with E-state index in [-0.39, 0.29) is 5.71 Å². The zero-order valence-corrected chi connectivity index (χ0v) is 16.6. The number of rotatable bonds is 5. The maximum absolute atomic E-state index is 12.4. The summed E-state index contributed by atoms with van der Waals surface area (Å²) in [5, 5.41) is 8.11. The second-order valence-corrected chi connectivity index (χ2v) is 7.52. The first kappa shape index (κ1) is 22.5. The summed E-state index contributed by atoms with van der Waals surface area (Å²) in [5.41, 5.74) is -4.31. The Labute approximate surface area is 169 Å². The van der Waals surface area contributed by atoms with Crippen LogP contribution in [0.4, 0.5) is 18.0 Å². The van der Waals surface area contributed by atoms with Gasteiger partial charge in [-0.1, -0.05) is 23.7 Å². The van der Waals surface area contributed by atoms with Crippen LogP contribution >= 0.6 is 11.6 Å². The fourth-order valence-corrected chi connectivity index (χ4v) is 2.67. The minimum Gasteiger partial charge on any atom is -0.376 e. The molecule has 0 aliphatic carbocycles. The van der Waals surface area contributed by atoms with Crippen LogP contribution in [0.15, 0.2) is 53.6 Å². The molecule has 0 bridgehead atoms. The highest BCUT2D eigenvalue weighted by Gasteiger charge is 2.48. The SMILES string of the molecule is CNC(=O)N(C)N=C(c1ccc(Cl)cc1)c1ccc(OS(=O)(=O)C(F)(F)F)cc1. The molecular weight excluding hydrogens is 435 g/mol. The zero-order chi connectivity index (χ0) is 21.8. The van der Waals surface area contributed by atoms with Gasteiger partial charge in [-0.25, -0.2) is 9.80 Å². The number of urea groups is 1. The second kappa shape index (κ2) is 8.70. The summed E-state index contributed by atoms with van der Waals surface area (Å²) in [4.78, 5) is 11.8. The fraction of sp³-hybridized carbons (Fsp3) is 0.176. The zero-order valence-electron chi connectivity index (χ0n) is 15.1. The lowest BCUT2D eigenvalue weighted by atomic mass is 10.0. The molecule has 29 heavy (non-hydrogen) atoms.